The van der Waals surface area contributed by atoms with Gasteiger partial charge in [-0.1, -0.05) is 6.07 Å². The van der Waals surface area contributed by atoms with Gasteiger partial charge in [-0.3, -0.25) is 9.20 Å². The van der Waals surface area contributed by atoms with E-state index < -0.39 is 0 Å². The van der Waals surface area contributed by atoms with Gasteiger partial charge >= 0.3 is 0 Å². The number of hydrogen-bond donors (Lipinski definition) is 1. The van der Waals surface area contributed by atoms with Gasteiger partial charge in [0.15, 0.2) is 11.5 Å². The van der Waals surface area contributed by atoms with Crippen molar-refractivity contribution in [2.75, 3.05) is 0 Å². The summed E-state index contributed by atoms with van der Waals surface area (Å²) < 4.78 is 1.91. The number of thiophene rings is 1. The molecule has 3 aromatic rings. The van der Waals surface area contributed by atoms with Crippen LogP contribution in [0.25, 0.3) is 5.65 Å². The molecule has 6 heteroatoms. The molecule has 3 aromatic heterocycles. The molecular weight excluding hydrogens is 308 g/mol. The second-order valence-electron chi connectivity index (χ2n) is 6.11. The lowest BCUT2D eigenvalue weighted by Gasteiger charge is -2.12. The van der Waals surface area contributed by atoms with E-state index in [4.69, 9.17) is 0 Å². The fourth-order valence-electron chi connectivity index (χ4n) is 2.99. The molecule has 1 aliphatic rings. The van der Waals surface area contributed by atoms with Crippen molar-refractivity contribution in [3.63, 3.8) is 0 Å². The minimum atomic E-state index is -0.161. The van der Waals surface area contributed by atoms with E-state index in [0.29, 0.717) is 5.92 Å². The van der Waals surface area contributed by atoms with Gasteiger partial charge in [-0.15, -0.1) is 21.5 Å². The molecule has 0 bridgehead atoms. The van der Waals surface area contributed by atoms with E-state index in [-0.39, 0.29) is 17.9 Å². The van der Waals surface area contributed by atoms with Crippen LogP contribution in [0.3, 0.4) is 0 Å². The van der Waals surface area contributed by atoms with Crippen LogP contribution in [0.4, 0.5) is 0 Å². The van der Waals surface area contributed by atoms with Gasteiger partial charge < -0.3 is 5.32 Å². The number of aromatic nitrogens is 3. The average Bonchev–Trinajstić information content (AvgIpc) is 3.04. The highest BCUT2D eigenvalue weighted by Gasteiger charge is 2.45. The molecule has 0 saturated heterocycles. The van der Waals surface area contributed by atoms with Crippen LogP contribution in [-0.4, -0.2) is 20.5 Å². The third kappa shape index (κ3) is 2.63. The third-order valence-corrected chi connectivity index (χ3v) is 5.47. The lowest BCUT2D eigenvalue weighted by molar-refractivity contribution is -0.123. The van der Waals surface area contributed by atoms with Gasteiger partial charge in [0, 0.05) is 27.8 Å². The number of nitrogens with zero attached hydrogens (tertiary/aromatic N) is 3. The Balaban J connectivity index is 1.45. The minimum Gasteiger partial charge on any atom is -0.346 e. The molecule has 118 valence electrons. The molecule has 1 N–H and O–H groups in total. The van der Waals surface area contributed by atoms with E-state index in [9.17, 15) is 4.79 Å². The van der Waals surface area contributed by atoms with Crippen LogP contribution in [0.5, 0.6) is 0 Å². The van der Waals surface area contributed by atoms with Gasteiger partial charge in [0.25, 0.3) is 0 Å². The lowest BCUT2D eigenvalue weighted by atomic mass is 10.2. The van der Waals surface area contributed by atoms with Crippen LogP contribution in [0.1, 0.15) is 40.9 Å². The quantitative estimate of drug-likeness (QED) is 0.801. The Morgan fingerprint density at radius 3 is 3.00 bits per heavy atom. The molecule has 1 saturated carbocycles. The molecule has 1 aliphatic carbocycles. The van der Waals surface area contributed by atoms with Crippen LogP contribution >= 0.6 is 11.3 Å². The minimum absolute atomic E-state index is 0.0923. The van der Waals surface area contributed by atoms with Crippen molar-refractivity contribution in [1.29, 1.82) is 0 Å². The van der Waals surface area contributed by atoms with Crippen molar-refractivity contribution < 1.29 is 4.79 Å². The smallest absolute Gasteiger partial charge is 0.224 e. The predicted molar refractivity (Wildman–Crippen MR) is 89.4 cm³/mol. The number of nitrogens with one attached hydrogen (secondary N) is 1. The van der Waals surface area contributed by atoms with Crippen LogP contribution in [0, 0.1) is 12.8 Å². The van der Waals surface area contributed by atoms with Crippen molar-refractivity contribution in [2.45, 2.75) is 32.2 Å². The maximum Gasteiger partial charge on any atom is 0.224 e. The summed E-state index contributed by atoms with van der Waals surface area (Å²) in [5.74, 6) is 1.35. The Morgan fingerprint density at radius 2 is 2.22 bits per heavy atom. The second-order valence-corrected chi connectivity index (χ2v) is 7.43. The number of amides is 1. The summed E-state index contributed by atoms with van der Waals surface area (Å²) in [5, 5.41) is 11.4. The topological polar surface area (TPSA) is 59.3 Å². The van der Waals surface area contributed by atoms with E-state index in [1.807, 2.05) is 35.7 Å². The first-order valence-corrected chi connectivity index (χ1v) is 8.61. The molecule has 0 spiro atoms. The predicted octanol–water partition coefficient (Wildman–Crippen LogP) is 3.08. The van der Waals surface area contributed by atoms with Crippen LogP contribution in [0.15, 0.2) is 36.5 Å². The fourth-order valence-corrected chi connectivity index (χ4v) is 4.05. The van der Waals surface area contributed by atoms with Crippen molar-refractivity contribution in [3.8, 4) is 0 Å². The van der Waals surface area contributed by atoms with Crippen molar-refractivity contribution >= 4 is 22.9 Å². The fraction of sp³-hybridized carbons (Fsp3) is 0.353. The summed E-state index contributed by atoms with van der Waals surface area (Å²) >= 11 is 1.79. The molecule has 0 unspecified atom stereocenters. The van der Waals surface area contributed by atoms with Gasteiger partial charge in [-0.2, -0.15) is 0 Å². The summed E-state index contributed by atoms with van der Waals surface area (Å²) in [4.78, 5) is 15.1. The summed E-state index contributed by atoms with van der Waals surface area (Å²) in [6.07, 6.45) is 2.86. The summed E-state index contributed by atoms with van der Waals surface area (Å²) in [5.41, 5.74) is 0.793. The van der Waals surface area contributed by atoms with Crippen LogP contribution in [0.2, 0.25) is 0 Å². The SMILES string of the molecule is Cc1ccc([C@@H]2C[C@H]2C(=O)N[C@H](C)c2nnc3ccccn23)s1. The molecule has 23 heavy (non-hydrogen) atoms. The highest BCUT2D eigenvalue weighted by molar-refractivity contribution is 7.12. The number of rotatable bonds is 4. The number of carbonyl (C=O) groups is 1. The zero-order valence-electron chi connectivity index (χ0n) is 13.1. The highest BCUT2D eigenvalue weighted by atomic mass is 32.1. The molecule has 3 heterocycles. The zero-order chi connectivity index (χ0) is 16.0. The molecule has 1 amide bonds. The van der Waals surface area contributed by atoms with E-state index in [2.05, 4.69) is 34.6 Å². The molecule has 5 nitrogen and oxygen atoms in total. The number of pyridine rings is 1. The maximum atomic E-state index is 12.5. The third-order valence-electron chi connectivity index (χ3n) is 4.34. The molecule has 0 aromatic carbocycles. The number of carbonyl (C=O) groups excluding carboxylic acids is 1. The first-order valence-electron chi connectivity index (χ1n) is 7.80. The second kappa shape index (κ2) is 5.45. The van der Waals surface area contributed by atoms with Gasteiger partial charge in [0.05, 0.1) is 6.04 Å². The number of fused-ring (bicyclic) bond motifs is 1. The van der Waals surface area contributed by atoms with E-state index >= 15 is 0 Å². The zero-order valence-corrected chi connectivity index (χ0v) is 13.9. The largest absolute Gasteiger partial charge is 0.346 e. The Bertz CT molecular complexity index is 868. The summed E-state index contributed by atoms with van der Waals surface area (Å²) in [7, 11) is 0. The Labute approximate surface area is 138 Å². The van der Waals surface area contributed by atoms with Crippen LogP contribution < -0.4 is 5.32 Å². The Hall–Kier alpha value is -2.21. The first kappa shape index (κ1) is 14.4. The van der Waals surface area contributed by atoms with Crippen LogP contribution in [-0.2, 0) is 4.79 Å². The summed E-state index contributed by atoms with van der Waals surface area (Å²) in [6, 6.07) is 9.87. The van der Waals surface area contributed by atoms with Gasteiger partial charge in [0.1, 0.15) is 0 Å². The molecule has 0 radical (unpaired) electrons. The number of hydrogen-bond acceptors (Lipinski definition) is 4. The van der Waals surface area contributed by atoms with Crippen molar-refractivity contribution in [1.82, 2.24) is 19.9 Å². The average molecular weight is 326 g/mol. The van der Waals surface area contributed by atoms with E-state index in [0.717, 1.165) is 17.9 Å². The molecule has 4 rings (SSSR count). The molecule has 0 aliphatic heterocycles. The van der Waals surface area contributed by atoms with E-state index in [1.54, 1.807) is 11.3 Å². The number of aryl methyl sites for hydroxylation is 1. The normalized spacial score (nSPS) is 21.3. The van der Waals surface area contributed by atoms with Crippen molar-refractivity contribution in [3.05, 3.63) is 52.1 Å². The van der Waals surface area contributed by atoms with E-state index in [1.165, 1.54) is 9.75 Å². The van der Waals surface area contributed by atoms with Crippen molar-refractivity contribution in [2.24, 2.45) is 5.92 Å². The Kier molecular flexibility index (Phi) is 3.41. The summed E-state index contributed by atoms with van der Waals surface area (Å²) in [6.45, 7) is 4.05. The maximum absolute atomic E-state index is 12.5. The highest BCUT2D eigenvalue weighted by Crippen LogP contribution is 2.49. The monoisotopic (exact) mass is 326 g/mol. The van der Waals surface area contributed by atoms with Gasteiger partial charge in [0.2, 0.25) is 5.91 Å². The van der Waals surface area contributed by atoms with Gasteiger partial charge in [-0.25, -0.2) is 0 Å². The molecular formula is C17H18N4OS. The standard InChI is InChI=1S/C17H18N4OS/c1-10-6-7-14(23-10)12-9-13(12)17(22)18-11(2)16-20-19-15-5-3-4-8-21(15)16/h3-8,11-13H,9H2,1-2H3,(H,18,22)/t11-,12-,13-/m1/s1. The first-order chi connectivity index (χ1) is 11.1. The molecule has 1 fully saturated rings. The Morgan fingerprint density at radius 1 is 1.35 bits per heavy atom. The molecule has 3 atom stereocenters. The van der Waals surface area contributed by atoms with Gasteiger partial charge in [-0.05, 0) is 44.5 Å². The lowest BCUT2D eigenvalue weighted by Crippen LogP contribution is -2.29.